The van der Waals surface area contributed by atoms with Gasteiger partial charge < -0.3 is 19.3 Å². The molecule has 0 aliphatic rings. The van der Waals surface area contributed by atoms with Crippen molar-refractivity contribution in [3.63, 3.8) is 0 Å². The number of rotatable bonds is 6. The number of aryl methyl sites for hydroxylation is 2. The monoisotopic (exact) mass is 476 g/mol. The topological polar surface area (TPSA) is 65.0 Å². The van der Waals surface area contributed by atoms with Crippen LogP contribution in [0.25, 0.3) is 0 Å². The van der Waals surface area contributed by atoms with Gasteiger partial charge in [-0.15, -0.1) is 0 Å². The first kappa shape index (κ1) is 33.6. The summed E-state index contributed by atoms with van der Waals surface area (Å²) in [6, 6.07) is 12.3. The Bertz CT molecular complexity index is 873. The highest BCUT2D eigenvalue weighted by Gasteiger charge is 2.20. The number of aliphatic hydroxyl groups is 1. The molecule has 0 bridgehead atoms. The van der Waals surface area contributed by atoms with E-state index < -0.39 is 0 Å². The number of hydrogen-bond donors (Lipinski definition) is 1. The maximum absolute atomic E-state index is 11.1. The lowest BCUT2D eigenvalue weighted by Crippen LogP contribution is -2.17. The summed E-state index contributed by atoms with van der Waals surface area (Å²) in [7, 11) is 1.35. The zero-order valence-electron chi connectivity index (χ0n) is 21.2. The van der Waals surface area contributed by atoms with Crippen molar-refractivity contribution in [2.45, 2.75) is 81.1 Å². The number of benzene rings is 2. The van der Waals surface area contributed by atoms with Crippen molar-refractivity contribution in [3.05, 3.63) is 58.7 Å². The number of esters is 1. The van der Waals surface area contributed by atoms with Crippen LogP contribution in [0.2, 0.25) is 0 Å². The summed E-state index contributed by atoms with van der Waals surface area (Å²) in [5, 5.41) is 8.77. The van der Waals surface area contributed by atoms with Crippen LogP contribution in [0.15, 0.2) is 36.4 Å². The SMILES string of the molecule is C.C.COC(=O)COc1cc(C)ccc1C(C)(C)C.Cc1ccc(C(C)(C)C)c(OCCO)c1. The maximum Gasteiger partial charge on any atom is 0.343 e. The van der Waals surface area contributed by atoms with E-state index >= 15 is 0 Å². The molecule has 0 saturated heterocycles. The third kappa shape index (κ3) is 11.1. The fourth-order valence-corrected chi connectivity index (χ4v) is 3.09. The van der Waals surface area contributed by atoms with Crippen molar-refractivity contribution >= 4 is 5.97 Å². The second kappa shape index (κ2) is 14.7. The Morgan fingerprint density at radius 1 is 0.794 bits per heavy atom. The fraction of sp³-hybridized carbons (Fsp3) is 0.552. The molecule has 0 atom stereocenters. The Balaban J connectivity index is 0. The molecular formula is C29H48O5. The Hall–Kier alpha value is -2.53. The molecule has 2 rings (SSSR count). The highest BCUT2D eigenvalue weighted by molar-refractivity contribution is 5.71. The second-order valence-electron chi connectivity index (χ2n) is 9.94. The van der Waals surface area contributed by atoms with Crippen molar-refractivity contribution in [3.8, 4) is 11.5 Å². The molecule has 0 aromatic heterocycles. The minimum absolute atomic E-state index is 0. The molecule has 0 spiro atoms. The average Bonchev–Trinajstić information content (AvgIpc) is 2.69. The van der Waals surface area contributed by atoms with E-state index in [4.69, 9.17) is 14.6 Å². The van der Waals surface area contributed by atoms with Gasteiger partial charge in [0.1, 0.15) is 18.1 Å². The van der Waals surface area contributed by atoms with Crippen molar-refractivity contribution in [2.75, 3.05) is 26.9 Å². The van der Waals surface area contributed by atoms with Crippen LogP contribution in [0.1, 0.15) is 78.6 Å². The van der Waals surface area contributed by atoms with Crippen molar-refractivity contribution < 1.29 is 24.1 Å². The first-order valence-corrected chi connectivity index (χ1v) is 10.9. The predicted molar refractivity (Wildman–Crippen MR) is 143 cm³/mol. The second-order valence-corrected chi connectivity index (χ2v) is 9.94. The number of carbonyl (C=O) groups excluding carboxylic acids is 1. The van der Waals surface area contributed by atoms with E-state index in [9.17, 15) is 4.79 Å². The van der Waals surface area contributed by atoms with Gasteiger partial charge in [-0.1, -0.05) is 80.7 Å². The Kier molecular flexibility index (Phi) is 14.5. The molecule has 194 valence electrons. The molecule has 34 heavy (non-hydrogen) atoms. The van der Waals surface area contributed by atoms with Crippen LogP contribution >= 0.6 is 0 Å². The van der Waals surface area contributed by atoms with Crippen LogP contribution in [0.4, 0.5) is 0 Å². The highest BCUT2D eigenvalue weighted by atomic mass is 16.6. The summed E-state index contributed by atoms with van der Waals surface area (Å²) < 4.78 is 15.6. The van der Waals surface area contributed by atoms with E-state index in [1.165, 1.54) is 18.2 Å². The maximum atomic E-state index is 11.1. The normalized spacial score (nSPS) is 10.6. The molecule has 1 N–H and O–H groups in total. The largest absolute Gasteiger partial charge is 0.491 e. The van der Waals surface area contributed by atoms with E-state index in [1.807, 2.05) is 38.1 Å². The summed E-state index contributed by atoms with van der Waals surface area (Å²) in [4.78, 5) is 11.1. The van der Waals surface area contributed by atoms with Gasteiger partial charge in [0.25, 0.3) is 0 Å². The van der Waals surface area contributed by atoms with E-state index in [0.29, 0.717) is 6.61 Å². The minimum atomic E-state index is -0.369. The Labute approximate surface area is 208 Å². The van der Waals surface area contributed by atoms with Crippen LogP contribution in [-0.2, 0) is 20.4 Å². The molecule has 0 amide bonds. The zero-order valence-corrected chi connectivity index (χ0v) is 21.2. The number of aliphatic hydroxyl groups excluding tert-OH is 1. The minimum Gasteiger partial charge on any atom is -0.491 e. The molecular weight excluding hydrogens is 428 g/mol. The lowest BCUT2D eigenvalue weighted by molar-refractivity contribution is -0.142. The Morgan fingerprint density at radius 3 is 1.56 bits per heavy atom. The summed E-state index contributed by atoms with van der Waals surface area (Å²) in [6.45, 7) is 17.2. The van der Waals surface area contributed by atoms with Crippen LogP contribution in [-0.4, -0.2) is 38.0 Å². The molecule has 0 heterocycles. The first-order chi connectivity index (χ1) is 14.8. The standard InChI is InChI=1S/C14H20O3.C13H20O2.2CH4/c1-10-6-7-11(14(2,3)4)12(8-10)17-9-13(15)16-5;1-10-5-6-11(13(2,3)4)12(9-10)15-8-7-14;;/h6-8H,9H2,1-5H3;5-6,9,14H,7-8H2,1-4H3;2*1H4. The van der Waals surface area contributed by atoms with Gasteiger partial charge in [-0.3, -0.25) is 0 Å². The molecule has 0 aliphatic heterocycles. The fourth-order valence-electron chi connectivity index (χ4n) is 3.09. The Morgan fingerprint density at radius 2 is 1.21 bits per heavy atom. The third-order valence-electron chi connectivity index (χ3n) is 4.81. The third-order valence-corrected chi connectivity index (χ3v) is 4.81. The van der Waals surface area contributed by atoms with Crippen molar-refractivity contribution in [1.82, 2.24) is 0 Å². The number of methoxy groups -OCH3 is 1. The molecule has 0 fully saturated rings. The number of ether oxygens (including phenoxy) is 3. The van der Waals surface area contributed by atoms with Crippen LogP contribution in [0, 0.1) is 13.8 Å². The molecule has 2 aromatic carbocycles. The highest BCUT2D eigenvalue weighted by Crippen LogP contribution is 2.33. The molecule has 0 aliphatic carbocycles. The lowest BCUT2D eigenvalue weighted by Gasteiger charge is -2.23. The number of hydrogen-bond acceptors (Lipinski definition) is 5. The van der Waals surface area contributed by atoms with Crippen LogP contribution < -0.4 is 9.47 Å². The molecule has 0 unspecified atom stereocenters. The van der Waals surface area contributed by atoms with Crippen LogP contribution in [0.3, 0.4) is 0 Å². The van der Waals surface area contributed by atoms with Crippen molar-refractivity contribution in [2.24, 2.45) is 0 Å². The van der Waals surface area contributed by atoms with E-state index in [1.54, 1.807) is 0 Å². The summed E-state index contributed by atoms with van der Waals surface area (Å²) >= 11 is 0. The summed E-state index contributed by atoms with van der Waals surface area (Å²) in [5.74, 6) is 1.27. The lowest BCUT2D eigenvalue weighted by atomic mass is 9.86. The molecule has 0 radical (unpaired) electrons. The predicted octanol–water partition coefficient (Wildman–Crippen LogP) is 6.78. The van der Waals surface area contributed by atoms with Gasteiger partial charge in [0.15, 0.2) is 6.61 Å². The van der Waals surface area contributed by atoms with Gasteiger partial charge in [0.2, 0.25) is 0 Å². The zero-order chi connectivity index (χ0) is 24.5. The number of carbonyl (C=O) groups is 1. The van der Waals surface area contributed by atoms with Gasteiger partial charge in [0, 0.05) is 0 Å². The molecule has 5 heteroatoms. The average molecular weight is 477 g/mol. The quantitative estimate of drug-likeness (QED) is 0.466. The smallest absolute Gasteiger partial charge is 0.343 e. The first-order valence-electron chi connectivity index (χ1n) is 10.9. The van der Waals surface area contributed by atoms with Gasteiger partial charge in [-0.2, -0.15) is 0 Å². The summed E-state index contributed by atoms with van der Waals surface area (Å²) in [5.41, 5.74) is 4.61. The van der Waals surface area contributed by atoms with Gasteiger partial charge >= 0.3 is 5.97 Å². The summed E-state index contributed by atoms with van der Waals surface area (Å²) in [6.07, 6.45) is 0. The van der Waals surface area contributed by atoms with Gasteiger partial charge in [-0.05, 0) is 59.1 Å². The van der Waals surface area contributed by atoms with E-state index in [2.05, 4.69) is 58.4 Å². The van der Waals surface area contributed by atoms with E-state index in [-0.39, 0.29) is 44.9 Å². The molecule has 5 nitrogen and oxygen atoms in total. The van der Waals surface area contributed by atoms with Gasteiger partial charge in [0.05, 0.1) is 13.7 Å². The molecule has 2 aromatic rings. The van der Waals surface area contributed by atoms with Crippen LogP contribution in [0.5, 0.6) is 11.5 Å². The van der Waals surface area contributed by atoms with Gasteiger partial charge in [-0.25, -0.2) is 4.79 Å². The van der Waals surface area contributed by atoms with E-state index in [0.717, 1.165) is 22.6 Å². The van der Waals surface area contributed by atoms with Crippen molar-refractivity contribution in [1.29, 1.82) is 0 Å². The molecule has 0 saturated carbocycles.